The van der Waals surface area contributed by atoms with Gasteiger partial charge in [-0.15, -0.1) is 0 Å². The Balaban J connectivity index is 2.98. The molecule has 14 heavy (non-hydrogen) atoms. The predicted molar refractivity (Wildman–Crippen MR) is 46.6 cm³/mol. The topological polar surface area (TPSA) is 41.5 Å². The second kappa shape index (κ2) is 4.88. The molecule has 0 aliphatic carbocycles. The highest BCUT2D eigenvalue weighted by Crippen LogP contribution is 2.26. The molecule has 0 aliphatic rings. The van der Waals surface area contributed by atoms with Gasteiger partial charge in [0.2, 0.25) is 0 Å². The molecule has 2 N–H and O–H groups in total. The quantitative estimate of drug-likeness (QED) is 0.736. The van der Waals surface area contributed by atoms with E-state index in [4.69, 9.17) is 9.94 Å². The molecular weight excluding hydrogens is 192 g/mol. The van der Waals surface area contributed by atoms with Gasteiger partial charge in [0.15, 0.2) is 0 Å². The van der Waals surface area contributed by atoms with Crippen LogP contribution in [0.2, 0.25) is 0 Å². The molecule has 0 aromatic heterocycles. The lowest BCUT2D eigenvalue weighted by atomic mass is 10.1. The van der Waals surface area contributed by atoms with Gasteiger partial charge in [0, 0.05) is 17.7 Å². The summed E-state index contributed by atoms with van der Waals surface area (Å²) in [6.07, 6.45) is -2.51. The minimum Gasteiger partial charge on any atom is -0.496 e. The molecule has 1 rings (SSSR count). The van der Waals surface area contributed by atoms with Crippen LogP contribution in [0, 0.1) is 0 Å². The van der Waals surface area contributed by atoms with Gasteiger partial charge >= 0.3 is 0 Å². The molecule has 1 aromatic rings. The first-order valence-corrected chi connectivity index (χ1v) is 4.01. The van der Waals surface area contributed by atoms with Gasteiger partial charge in [-0.3, -0.25) is 0 Å². The summed E-state index contributed by atoms with van der Waals surface area (Å²) in [4.78, 5) is 0. The van der Waals surface area contributed by atoms with Crippen LogP contribution in [-0.4, -0.2) is 12.3 Å². The van der Waals surface area contributed by atoms with E-state index in [9.17, 15) is 8.78 Å². The van der Waals surface area contributed by atoms with Crippen molar-refractivity contribution in [3.63, 3.8) is 0 Å². The zero-order chi connectivity index (χ0) is 10.6. The minimum absolute atomic E-state index is 0.0939. The lowest BCUT2D eigenvalue weighted by Gasteiger charge is -2.09. The Morgan fingerprint density at radius 3 is 2.71 bits per heavy atom. The predicted octanol–water partition coefficient (Wildman–Crippen LogP) is 2.11. The van der Waals surface area contributed by atoms with E-state index in [1.165, 1.54) is 25.3 Å². The molecule has 0 bridgehead atoms. The second-order valence-corrected chi connectivity index (χ2v) is 2.71. The van der Waals surface area contributed by atoms with E-state index in [0.29, 0.717) is 11.3 Å². The molecule has 78 valence electrons. The van der Waals surface area contributed by atoms with E-state index < -0.39 is 6.43 Å². The first-order chi connectivity index (χ1) is 6.69. The number of hydroxylamine groups is 1. The normalized spacial score (nSPS) is 10.6. The lowest BCUT2D eigenvalue weighted by molar-refractivity contribution is 0.150. The Bertz CT molecular complexity index is 305. The third kappa shape index (κ3) is 2.40. The highest BCUT2D eigenvalue weighted by molar-refractivity contribution is 5.37. The van der Waals surface area contributed by atoms with Crippen molar-refractivity contribution in [1.82, 2.24) is 5.48 Å². The minimum atomic E-state index is -2.51. The van der Waals surface area contributed by atoms with Crippen molar-refractivity contribution < 1.29 is 18.7 Å². The summed E-state index contributed by atoms with van der Waals surface area (Å²) in [5.74, 6) is 0.337. The number of hydrogen-bond acceptors (Lipinski definition) is 3. The van der Waals surface area contributed by atoms with E-state index in [-0.39, 0.29) is 12.1 Å². The molecule has 0 atom stereocenters. The Hall–Kier alpha value is -1.20. The number of rotatable bonds is 4. The van der Waals surface area contributed by atoms with Crippen LogP contribution in [0.15, 0.2) is 18.2 Å². The Labute approximate surface area is 80.3 Å². The van der Waals surface area contributed by atoms with Crippen LogP contribution < -0.4 is 10.2 Å². The molecule has 5 heteroatoms. The molecule has 0 radical (unpaired) electrons. The van der Waals surface area contributed by atoms with Gasteiger partial charge in [-0.2, -0.15) is 0 Å². The highest BCUT2D eigenvalue weighted by atomic mass is 19.3. The first kappa shape index (κ1) is 10.9. The fraction of sp³-hybridized carbons (Fsp3) is 0.333. The summed E-state index contributed by atoms with van der Waals surface area (Å²) in [6.45, 7) is 0.159. The lowest BCUT2D eigenvalue weighted by Crippen LogP contribution is -2.07. The number of benzene rings is 1. The van der Waals surface area contributed by atoms with Crippen molar-refractivity contribution >= 4 is 0 Å². The second-order valence-electron chi connectivity index (χ2n) is 2.71. The average molecular weight is 203 g/mol. The summed E-state index contributed by atoms with van der Waals surface area (Å²) in [7, 11) is 1.39. The third-order valence-electron chi connectivity index (χ3n) is 1.83. The Morgan fingerprint density at radius 2 is 2.21 bits per heavy atom. The SMILES string of the molecule is COc1cc(C(F)F)ccc1CNO. The smallest absolute Gasteiger partial charge is 0.263 e. The summed E-state index contributed by atoms with van der Waals surface area (Å²) >= 11 is 0. The largest absolute Gasteiger partial charge is 0.496 e. The summed E-state index contributed by atoms with van der Waals surface area (Å²) in [5, 5.41) is 8.46. The number of halogens is 2. The monoisotopic (exact) mass is 203 g/mol. The number of methoxy groups -OCH3 is 1. The number of alkyl halides is 2. The number of nitrogens with one attached hydrogen (secondary N) is 1. The van der Waals surface area contributed by atoms with Crippen molar-refractivity contribution in [2.75, 3.05) is 7.11 Å². The summed E-state index contributed by atoms with van der Waals surface area (Å²) < 4.78 is 29.5. The Morgan fingerprint density at radius 1 is 1.50 bits per heavy atom. The van der Waals surface area contributed by atoms with Crippen molar-refractivity contribution in [3.05, 3.63) is 29.3 Å². The maximum atomic E-state index is 12.3. The van der Waals surface area contributed by atoms with E-state index >= 15 is 0 Å². The molecule has 0 saturated heterocycles. The van der Waals surface area contributed by atoms with Crippen molar-refractivity contribution in [2.45, 2.75) is 13.0 Å². The molecule has 0 heterocycles. The molecule has 0 aliphatic heterocycles. The zero-order valence-electron chi connectivity index (χ0n) is 7.63. The maximum absolute atomic E-state index is 12.3. The number of ether oxygens (including phenoxy) is 1. The van der Waals surface area contributed by atoms with Crippen LogP contribution in [0.25, 0.3) is 0 Å². The van der Waals surface area contributed by atoms with Gasteiger partial charge in [0.05, 0.1) is 7.11 Å². The van der Waals surface area contributed by atoms with Crippen molar-refractivity contribution in [3.8, 4) is 5.75 Å². The molecule has 3 nitrogen and oxygen atoms in total. The molecule has 0 saturated carbocycles. The standard InChI is InChI=1S/C9H11F2NO2/c1-14-8-4-6(9(10)11)2-3-7(8)5-12-13/h2-4,9,12-13H,5H2,1H3. The van der Waals surface area contributed by atoms with E-state index in [0.717, 1.165) is 0 Å². The van der Waals surface area contributed by atoms with Crippen molar-refractivity contribution in [2.24, 2.45) is 0 Å². The summed E-state index contributed by atoms with van der Waals surface area (Å²) in [5.41, 5.74) is 2.47. The van der Waals surface area contributed by atoms with Crippen LogP contribution >= 0.6 is 0 Å². The average Bonchev–Trinajstić information content (AvgIpc) is 2.18. The third-order valence-corrected chi connectivity index (χ3v) is 1.83. The van der Waals surface area contributed by atoms with Crippen LogP contribution in [0.5, 0.6) is 5.75 Å². The molecule has 0 spiro atoms. The molecule has 0 fully saturated rings. The fourth-order valence-electron chi connectivity index (χ4n) is 1.13. The van der Waals surface area contributed by atoms with Gasteiger partial charge in [-0.05, 0) is 6.07 Å². The van der Waals surface area contributed by atoms with Crippen LogP contribution in [0.1, 0.15) is 17.6 Å². The van der Waals surface area contributed by atoms with Gasteiger partial charge in [-0.1, -0.05) is 12.1 Å². The van der Waals surface area contributed by atoms with Gasteiger partial charge in [0.25, 0.3) is 6.43 Å². The van der Waals surface area contributed by atoms with Crippen LogP contribution in [0.3, 0.4) is 0 Å². The van der Waals surface area contributed by atoms with E-state index in [1.54, 1.807) is 0 Å². The summed E-state index contributed by atoms with van der Waals surface area (Å²) in [6, 6.07) is 4.06. The van der Waals surface area contributed by atoms with Crippen LogP contribution in [-0.2, 0) is 6.54 Å². The zero-order valence-corrected chi connectivity index (χ0v) is 7.63. The molecular formula is C9H11F2NO2. The van der Waals surface area contributed by atoms with E-state index in [1.807, 2.05) is 5.48 Å². The van der Waals surface area contributed by atoms with Crippen LogP contribution in [0.4, 0.5) is 8.78 Å². The first-order valence-electron chi connectivity index (χ1n) is 4.01. The van der Waals surface area contributed by atoms with E-state index in [2.05, 4.69) is 0 Å². The molecule has 0 unspecified atom stereocenters. The van der Waals surface area contributed by atoms with Gasteiger partial charge in [-0.25, -0.2) is 14.3 Å². The highest BCUT2D eigenvalue weighted by Gasteiger charge is 2.10. The molecule has 1 aromatic carbocycles. The maximum Gasteiger partial charge on any atom is 0.263 e. The van der Waals surface area contributed by atoms with Gasteiger partial charge in [0.1, 0.15) is 5.75 Å². The molecule has 0 amide bonds. The fourth-order valence-corrected chi connectivity index (χ4v) is 1.13. The number of hydrogen-bond donors (Lipinski definition) is 2. The Kier molecular flexibility index (Phi) is 3.79. The van der Waals surface area contributed by atoms with Gasteiger partial charge < -0.3 is 9.94 Å². The van der Waals surface area contributed by atoms with Crippen molar-refractivity contribution in [1.29, 1.82) is 0 Å².